The Labute approximate surface area is 122 Å². The average molecular weight is 280 g/mol. The van der Waals surface area contributed by atoms with E-state index in [9.17, 15) is 0 Å². The van der Waals surface area contributed by atoms with Gasteiger partial charge in [0, 0.05) is 17.3 Å². The number of nitrogens with one attached hydrogen (secondary N) is 1. The lowest BCUT2D eigenvalue weighted by molar-refractivity contribution is 0.572. The number of thioether (sulfide) groups is 1. The summed E-state index contributed by atoms with van der Waals surface area (Å²) in [7, 11) is 0. The molecule has 0 aliphatic rings. The highest BCUT2D eigenvalue weighted by Gasteiger charge is 2.15. The lowest BCUT2D eigenvalue weighted by Crippen LogP contribution is -2.11. The van der Waals surface area contributed by atoms with Gasteiger partial charge in [-0.3, -0.25) is 0 Å². The normalized spacial score (nSPS) is 12.7. The van der Waals surface area contributed by atoms with Gasteiger partial charge in [-0.1, -0.05) is 40.7 Å². The number of imidazole rings is 1. The maximum absolute atomic E-state index is 4.39. The number of aromatic amines is 1. The van der Waals surface area contributed by atoms with Gasteiger partial charge < -0.3 is 4.98 Å². The summed E-state index contributed by atoms with van der Waals surface area (Å²) < 4.78 is 0. The molecule has 0 aliphatic carbocycles. The van der Waals surface area contributed by atoms with Gasteiger partial charge in [-0.2, -0.15) is 11.8 Å². The van der Waals surface area contributed by atoms with Gasteiger partial charge in [0.05, 0.1) is 0 Å². The molecular formula is C16H28N2S. The largest absolute Gasteiger partial charge is 0.342 e. The molecular weight excluding hydrogens is 252 g/mol. The van der Waals surface area contributed by atoms with E-state index in [1.165, 1.54) is 23.6 Å². The van der Waals surface area contributed by atoms with Crippen molar-refractivity contribution in [2.45, 2.75) is 52.9 Å². The first-order chi connectivity index (χ1) is 8.89. The van der Waals surface area contributed by atoms with Gasteiger partial charge in [-0.25, -0.2) is 4.98 Å². The molecule has 3 heteroatoms. The average Bonchev–Trinajstić information content (AvgIpc) is 2.75. The predicted molar refractivity (Wildman–Crippen MR) is 87.7 cm³/mol. The van der Waals surface area contributed by atoms with Crippen LogP contribution in [-0.4, -0.2) is 21.5 Å². The number of aromatic nitrogens is 2. The molecule has 0 saturated carbocycles. The molecule has 0 atom stereocenters. The molecule has 1 heterocycles. The van der Waals surface area contributed by atoms with Gasteiger partial charge in [0.2, 0.25) is 0 Å². The van der Waals surface area contributed by atoms with Crippen LogP contribution in [0.5, 0.6) is 0 Å². The van der Waals surface area contributed by atoms with E-state index in [4.69, 9.17) is 0 Å². The van der Waals surface area contributed by atoms with Crippen molar-refractivity contribution in [3.63, 3.8) is 0 Å². The van der Waals surface area contributed by atoms with Crippen LogP contribution in [0.25, 0.3) is 6.08 Å². The van der Waals surface area contributed by atoms with Gasteiger partial charge in [-0.15, -0.1) is 0 Å². The number of hydrogen-bond acceptors (Lipinski definition) is 2. The molecule has 2 nitrogen and oxygen atoms in total. The Kier molecular flexibility index (Phi) is 6.70. The van der Waals surface area contributed by atoms with Crippen molar-refractivity contribution in [2.24, 2.45) is 5.92 Å². The van der Waals surface area contributed by atoms with Crippen molar-refractivity contribution in [1.82, 2.24) is 9.97 Å². The van der Waals surface area contributed by atoms with E-state index in [0.29, 0.717) is 0 Å². The summed E-state index contributed by atoms with van der Waals surface area (Å²) in [6.45, 7) is 11.1. The van der Waals surface area contributed by atoms with Crippen LogP contribution in [0.4, 0.5) is 0 Å². The maximum atomic E-state index is 4.39. The Morgan fingerprint density at radius 2 is 2.11 bits per heavy atom. The molecule has 1 aromatic heterocycles. The molecule has 0 unspecified atom stereocenters. The molecule has 0 spiro atoms. The summed E-state index contributed by atoms with van der Waals surface area (Å²) in [4.78, 5) is 7.76. The first-order valence-electron chi connectivity index (χ1n) is 7.19. The lowest BCUT2D eigenvalue weighted by atomic mass is 9.93. The minimum absolute atomic E-state index is 0.145. The molecule has 108 valence electrons. The maximum Gasteiger partial charge on any atom is 0.129 e. The number of unbranched alkanes of at least 4 members (excludes halogenated alkanes) is 1. The van der Waals surface area contributed by atoms with Gasteiger partial charge in [0.25, 0.3) is 0 Å². The molecule has 19 heavy (non-hydrogen) atoms. The topological polar surface area (TPSA) is 28.7 Å². The SMILES string of the molecule is CC(C)CSCCC/C=C/c1ncc(C(C)(C)C)[nH]1. The molecule has 0 fully saturated rings. The summed E-state index contributed by atoms with van der Waals surface area (Å²) in [5.74, 6) is 4.31. The molecule has 0 saturated heterocycles. The van der Waals surface area contributed by atoms with E-state index in [0.717, 1.165) is 18.2 Å². The Morgan fingerprint density at radius 3 is 2.68 bits per heavy atom. The zero-order valence-corrected chi connectivity index (χ0v) is 13.8. The molecule has 0 amide bonds. The van der Waals surface area contributed by atoms with Crippen molar-refractivity contribution in [3.05, 3.63) is 23.8 Å². The Bertz CT molecular complexity index is 386. The van der Waals surface area contributed by atoms with Gasteiger partial charge in [0.1, 0.15) is 5.82 Å². The highest BCUT2D eigenvalue weighted by Crippen LogP contribution is 2.20. The summed E-state index contributed by atoms with van der Waals surface area (Å²) in [5.41, 5.74) is 1.34. The van der Waals surface area contributed by atoms with Crippen LogP contribution in [0.1, 0.15) is 59.0 Å². The molecule has 0 bridgehead atoms. The van der Waals surface area contributed by atoms with Crippen molar-refractivity contribution >= 4 is 17.8 Å². The van der Waals surface area contributed by atoms with Crippen molar-refractivity contribution in [2.75, 3.05) is 11.5 Å². The second-order valence-corrected chi connectivity index (χ2v) is 7.60. The predicted octanol–water partition coefficient (Wildman–Crippen LogP) is 4.89. The number of nitrogens with zero attached hydrogens (tertiary/aromatic N) is 1. The van der Waals surface area contributed by atoms with E-state index in [1.54, 1.807) is 0 Å². The van der Waals surface area contributed by atoms with Crippen LogP contribution in [0.3, 0.4) is 0 Å². The van der Waals surface area contributed by atoms with Crippen molar-refractivity contribution in [3.8, 4) is 0 Å². The molecule has 0 aromatic carbocycles. The third-order valence-corrected chi connectivity index (χ3v) is 4.27. The fourth-order valence-electron chi connectivity index (χ4n) is 1.62. The van der Waals surface area contributed by atoms with Crippen LogP contribution in [0.2, 0.25) is 0 Å². The van der Waals surface area contributed by atoms with Crippen LogP contribution in [-0.2, 0) is 5.41 Å². The first kappa shape index (κ1) is 16.4. The van der Waals surface area contributed by atoms with Crippen LogP contribution in [0, 0.1) is 5.92 Å². The second-order valence-electron chi connectivity index (χ2n) is 6.45. The standard InChI is InChI=1S/C16H28N2S/c1-13(2)12-19-10-8-6-7-9-15-17-11-14(18-15)16(3,4)5/h7,9,11,13H,6,8,10,12H2,1-5H3,(H,17,18)/b9-7+. The third-order valence-electron chi connectivity index (χ3n) is 2.79. The molecule has 0 radical (unpaired) electrons. The fourth-order valence-corrected chi connectivity index (χ4v) is 2.63. The third kappa shape index (κ3) is 6.86. The van der Waals surface area contributed by atoms with Crippen molar-refractivity contribution < 1.29 is 0 Å². The summed E-state index contributed by atoms with van der Waals surface area (Å²) in [6, 6.07) is 0. The Hall–Kier alpha value is -0.700. The highest BCUT2D eigenvalue weighted by atomic mass is 32.2. The molecule has 1 rings (SSSR count). The van der Waals surface area contributed by atoms with Gasteiger partial charge >= 0.3 is 0 Å². The molecule has 0 aliphatic heterocycles. The quantitative estimate of drug-likeness (QED) is 0.720. The summed E-state index contributed by atoms with van der Waals surface area (Å²) >= 11 is 2.06. The summed E-state index contributed by atoms with van der Waals surface area (Å²) in [6.07, 6.45) is 8.65. The fraction of sp³-hybridized carbons (Fsp3) is 0.688. The van der Waals surface area contributed by atoms with E-state index in [-0.39, 0.29) is 5.41 Å². The van der Waals surface area contributed by atoms with Crippen LogP contribution in [0.15, 0.2) is 12.3 Å². The summed E-state index contributed by atoms with van der Waals surface area (Å²) in [5, 5.41) is 0. The minimum atomic E-state index is 0.145. The van der Waals surface area contributed by atoms with Crippen LogP contribution < -0.4 is 0 Å². The van der Waals surface area contributed by atoms with E-state index in [1.807, 2.05) is 6.20 Å². The smallest absolute Gasteiger partial charge is 0.129 e. The van der Waals surface area contributed by atoms with E-state index >= 15 is 0 Å². The first-order valence-corrected chi connectivity index (χ1v) is 8.35. The van der Waals surface area contributed by atoms with E-state index in [2.05, 4.69) is 68.5 Å². The monoisotopic (exact) mass is 280 g/mol. The minimum Gasteiger partial charge on any atom is -0.342 e. The second kappa shape index (κ2) is 7.78. The van der Waals surface area contributed by atoms with Gasteiger partial charge in [0.15, 0.2) is 0 Å². The van der Waals surface area contributed by atoms with Crippen LogP contribution >= 0.6 is 11.8 Å². The zero-order valence-electron chi connectivity index (χ0n) is 13.0. The number of allylic oxidation sites excluding steroid dienone is 1. The van der Waals surface area contributed by atoms with Gasteiger partial charge in [-0.05, 0) is 36.3 Å². The van der Waals surface area contributed by atoms with E-state index < -0.39 is 0 Å². The Morgan fingerprint density at radius 1 is 1.37 bits per heavy atom. The Balaban J connectivity index is 2.24. The number of rotatable bonds is 7. The zero-order chi connectivity index (χ0) is 14.3. The number of H-pyrrole nitrogens is 1. The lowest BCUT2D eigenvalue weighted by Gasteiger charge is -2.14. The highest BCUT2D eigenvalue weighted by molar-refractivity contribution is 7.99. The molecule has 1 N–H and O–H groups in total. The van der Waals surface area contributed by atoms with Crippen molar-refractivity contribution in [1.29, 1.82) is 0 Å². The number of hydrogen-bond donors (Lipinski definition) is 1. The molecule has 1 aromatic rings.